The Hall–Kier alpha value is -3.00. The van der Waals surface area contributed by atoms with Gasteiger partial charge in [0, 0.05) is 23.4 Å². The number of rotatable bonds is 7. The van der Waals surface area contributed by atoms with Crippen molar-refractivity contribution in [3.05, 3.63) is 75.8 Å². The van der Waals surface area contributed by atoms with E-state index in [2.05, 4.69) is 4.72 Å². The SMILES string of the molecule is CCS(=O)(=O)Nc1ccc(C(=O)/C=C/c2ccc([N+](=O)[O-])cc2)cc1. The molecule has 1 N–H and O–H groups in total. The zero-order valence-corrected chi connectivity index (χ0v) is 14.2. The second-order valence-electron chi connectivity index (χ2n) is 5.13. The Morgan fingerprint density at radius 2 is 1.72 bits per heavy atom. The van der Waals surface area contributed by atoms with Crippen molar-refractivity contribution in [1.82, 2.24) is 0 Å². The number of ketones is 1. The lowest BCUT2D eigenvalue weighted by molar-refractivity contribution is -0.384. The molecule has 0 unspecified atom stereocenters. The number of nitrogens with zero attached hydrogens (tertiary/aromatic N) is 1. The number of non-ortho nitro benzene ring substituents is 1. The molecule has 0 aliphatic carbocycles. The molecule has 0 amide bonds. The van der Waals surface area contributed by atoms with Crippen LogP contribution in [0.15, 0.2) is 54.6 Å². The number of nitrogens with one attached hydrogen (secondary N) is 1. The Morgan fingerprint density at radius 1 is 1.12 bits per heavy atom. The highest BCUT2D eigenvalue weighted by Crippen LogP contribution is 2.15. The average Bonchev–Trinajstić information content (AvgIpc) is 2.60. The zero-order valence-electron chi connectivity index (χ0n) is 13.4. The lowest BCUT2D eigenvalue weighted by Gasteiger charge is -2.06. The highest BCUT2D eigenvalue weighted by atomic mass is 32.2. The molecule has 2 aromatic rings. The minimum Gasteiger partial charge on any atom is -0.289 e. The summed E-state index contributed by atoms with van der Waals surface area (Å²) in [5, 5.41) is 10.6. The standard InChI is InChI=1S/C17H16N2O5S/c1-2-25(23,24)18-15-8-6-14(7-9-15)17(20)12-5-13-3-10-16(11-4-13)19(21)22/h3-12,18H,2H2,1H3/b12-5+. The Balaban J connectivity index is 2.06. The summed E-state index contributed by atoms with van der Waals surface area (Å²) in [5.74, 6) is -0.297. The van der Waals surface area contributed by atoms with Crippen molar-refractivity contribution in [1.29, 1.82) is 0 Å². The van der Waals surface area contributed by atoms with Crippen molar-refractivity contribution >= 4 is 33.3 Å². The van der Waals surface area contributed by atoms with E-state index in [-0.39, 0.29) is 17.2 Å². The first-order valence-corrected chi connectivity index (χ1v) is 9.03. The van der Waals surface area contributed by atoms with Gasteiger partial charge in [-0.2, -0.15) is 0 Å². The van der Waals surface area contributed by atoms with E-state index in [4.69, 9.17) is 0 Å². The number of carbonyl (C=O) groups excluding carboxylic acids is 1. The summed E-state index contributed by atoms with van der Waals surface area (Å²) in [6.45, 7) is 1.53. The molecule has 0 atom stereocenters. The molecule has 2 aromatic carbocycles. The fourth-order valence-electron chi connectivity index (χ4n) is 1.93. The van der Waals surface area contributed by atoms with Crippen LogP contribution in [0.4, 0.5) is 11.4 Å². The van der Waals surface area contributed by atoms with E-state index in [1.165, 1.54) is 49.4 Å². The van der Waals surface area contributed by atoms with Crippen molar-refractivity contribution in [2.45, 2.75) is 6.92 Å². The molecule has 2 rings (SSSR count). The van der Waals surface area contributed by atoms with Gasteiger partial charge in [0.15, 0.2) is 5.78 Å². The second-order valence-corrected chi connectivity index (χ2v) is 7.14. The minimum absolute atomic E-state index is 0.0198. The molecule has 0 aliphatic heterocycles. The van der Waals surface area contributed by atoms with E-state index in [1.807, 2.05) is 0 Å². The quantitative estimate of drug-likeness (QED) is 0.353. The third-order valence-electron chi connectivity index (χ3n) is 3.35. The molecule has 7 nitrogen and oxygen atoms in total. The van der Waals surface area contributed by atoms with Gasteiger partial charge in [-0.1, -0.05) is 6.08 Å². The lowest BCUT2D eigenvalue weighted by Crippen LogP contribution is -2.14. The molecular formula is C17H16N2O5S. The molecule has 0 saturated carbocycles. The monoisotopic (exact) mass is 360 g/mol. The smallest absolute Gasteiger partial charge is 0.269 e. The van der Waals surface area contributed by atoms with Crippen LogP contribution >= 0.6 is 0 Å². The van der Waals surface area contributed by atoms with Crippen LogP contribution in [-0.2, 0) is 10.0 Å². The molecular weight excluding hydrogens is 344 g/mol. The van der Waals surface area contributed by atoms with Gasteiger partial charge < -0.3 is 0 Å². The number of anilines is 1. The second kappa shape index (κ2) is 7.71. The number of hydrogen-bond acceptors (Lipinski definition) is 5. The van der Waals surface area contributed by atoms with Crippen LogP contribution in [0.3, 0.4) is 0 Å². The van der Waals surface area contributed by atoms with Crippen LogP contribution in [0.5, 0.6) is 0 Å². The first-order valence-electron chi connectivity index (χ1n) is 7.38. The van der Waals surface area contributed by atoms with Gasteiger partial charge in [-0.25, -0.2) is 8.42 Å². The summed E-state index contributed by atoms with van der Waals surface area (Å²) >= 11 is 0. The Kier molecular flexibility index (Phi) is 5.66. The highest BCUT2D eigenvalue weighted by Gasteiger charge is 2.08. The van der Waals surface area contributed by atoms with Gasteiger partial charge in [0.1, 0.15) is 0 Å². The Labute approximate surface area is 145 Å². The van der Waals surface area contributed by atoms with Crippen LogP contribution in [0.1, 0.15) is 22.8 Å². The van der Waals surface area contributed by atoms with E-state index in [0.717, 1.165) is 0 Å². The molecule has 0 spiro atoms. The van der Waals surface area contributed by atoms with Crippen LogP contribution in [0.25, 0.3) is 6.08 Å². The number of benzene rings is 2. The number of nitro groups is 1. The third-order valence-corrected chi connectivity index (χ3v) is 4.66. The zero-order chi connectivity index (χ0) is 18.4. The van der Waals surface area contributed by atoms with Crippen LogP contribution < -0.4 is 4.72 Å². The van der Waals surface area contributed by atoms with E-state index in [1.54, 1.807) is 18.2 Å². The normalized spacial score (nSPS) is 11.4. The van der Waals surface area contributed by atoms with Gasteiger partial charge in [0.05, 0.1) is 10.7 Å². The van der Waals surface area contributed by atoms with Gasteiger partial charge in [0.2, 0.25) is 10.0 Å². The predicted molar refractivity (Wildman–Crippen MR) is 96.0 cm³/mol. The molecule has 0 fully saturated rings. The van der Waals surface area contributed by atoms with Crippen molar-refractivity contribution in [3.63, 3.8) is 0 Å². The first kappa shape index (κ1) is 18.3. The van der Waals surface area contributed by atoms with Gasteiger partial charge in [-0.3, -0.25) is 19.6 Å². The number of sulfonamides is 1. The number of nitro benzene ring substituents is 1. The van der Waals surface area contributed by atoms with Crippen LogP contribution in [-0.4, -0.2) is 24.9 Å². The molecule has 0 radical (unpaired) electrons. The molecule has 0 bridgehead atoms. The molecule has 0 heterocycles. The van der Waals surface area contributed by atoms with Crippen molar-refractivity contribution in [2.75, 3.05) is 10.5 Å². The maximum Gasteiger partial charge on any atom is 0.269 e. The summed E-state index contributed by atoms with van der Waals surface area (Å²) < 4.78 is 25.4. The number of allylic oxidation sites excluding steroid dienone is 1. The predicted octanol–water partition coefficient (Wildman–Crippen LogP) is 3.25. The summed E-state index contributed by atoms with van der Waals surface area (Å²) in [5.41, 5.74) is 1.43. The molecule has 8 heteroatoms. The summed E-state index contributed by atoms with van der Waals surface area (Å²) in [6, 6.07) is 11.9. The van der Waals surface area contributed by atoms with Crippen molar-refractivity contribution < 1.29 is 18.1 Å². The van der Waals surface area contributed by atoms with Crippen LogP contribution in [0, 0.1) is 10.1 Å². The average molecular weight is 360 g/mol. The van der Waals surface area contributed by atoms with Gasteiger partial charge in [0.25, 0.3) is 5.69 Å². The van der Waals surface area contributed by atoms with E-state index in [9.17, 15) is 23.3 Å². The van der Waals surface area contributed by atoms with E-state index < -0.39 is 14.9 Å². The first-order chi connectivity index (χ1) is 11.8. The summed E-state index contributed by atoms with van der Waals surface area (Å²) in [6.07, 6.45) is 2.91. The summed E-state index contributed by atoms with van der Waals surface area (Å²) in [4.78, 5) is 22.2. The van der Waals surface area contributed by atoms with E-state index >= 15 is 0 Å². The van der Waals surface area contributed by atoms with E-state index in [0.29, 0.717) is 16.8 Å². The van der Waals surface area contributed by atoms with Gasteiger partial charge in [-0.15, -0.1) is 0 Å². The fraction of sp³-hybridized carbons (Fsp3) is 0.118. The number of carbonyl (C=O) groups is 1. The van der Waals surface area contributed by atoms with Crippen molar-refractivity contribution in [3.8, 4) is 0 Å². The van der Waals surface area contributed by atoms with Gasteiger partial charge >= 0.3 is 0 Å². The van der Waals surface area contributed by atoms with Gasteiger partial charge in [-0.05, 0) is 55.0 Å². The molecule has 25 heavy (non-hydrogen) atoms. The largest absolute Gasteiger partial charge is 0.289 e. The van der Waals surface area contributed by atoms with Crippen molar-refractivity contribution in [2.24, 2.45) is 0 Å². The molecule has 0 saturated heterocycles. The third kappa shape index (κ3) is 5.25. The minimum atomic E-state index is -3.36. The number of hydrogen-bond donors (Lipinski definition) is 1. The Morgan fingerprint density at radius 3 is 2.24 bits per heavy atom. The topological polar surface area (TPSA) is 106 Å². The maximum absolute atomic E-state index is 12.1. The fourth-order valence-corrected chi connectivity index (χ4v) is 2.57. The maximum atomic E-state index is 12.1. The summed E-state index contributed by atoms with van der Waals surface area (Å²) in [7, 11) is -3.36. The Bertz CT molecular complexity index is 901. The molecule has 130 valence electrons. The molecule has 0 aromatic heterocycles. The highest BCUT2D eigenvalue weighted by molar-refractivity contribution is 7.92. The molecule has 0 aliphatic rings. The lowest BCUT2D eigenvalue weighted by atomic mass is 10.1. The van der Waals surface area contributed by atoms with Crippen LogP contribution in [0.2, 0.25) is 0 Å².